The van der Waals surface area contributed by atoms with Crippen LogP contribution in [0.2, 0.25) is 0 Å². The molecule has 0 radical (unpaired) electrons. The molecular weight excluding hydrogens is 300 g/mol. The van der Waals surface area contributed by atoms with Crippen LogP contribution < -0.4 is 0 Å². The second kappa shape index (κ2) is 6.48. The lowest BCUT2D eigenvalue weighted by Crippen LogP contribution is -2.47. The van der Waals surface area contributed by atoms with Crippen LogP contribution >= 0.6 is 0 Å². The molecule has 0 saturated carbocycles. The zero-order chi connectivity index (χ0) is 15.5. The van der Waals surface area contributed by atoms with E-state index in [0.29, 0.717) is 0 Å². The number of rotatable bonds is 5. The Balaban J connectivity index is 2.20. The predicted molar refractivity (Wildman–Crippen MR) is 74.1 cm³/mol. The molecule has 1 N–H and O–H groups in total. The molecule has 1 aromatic rings. The molecule has 1 fully saturated rings. The van der Waals surface area contributed by atoms with Gasteiger partial charge in [0.15, 0.2) is 0 Å². The van der Waals surface area contributed by atoms with Crippen molar-refractivity contribution in [2.24, 2.45) is 0 Å². The number of nitrogens with zero attached hydrogens (tertiary/aromatic N) is 2. The second-order valence-electron chi connectivity index (χ2n) is 4.68. The quantitative estimate of drug-likeness (QED) is 0.610. The number of morpholine rings is 1. The van der Waals surface area contributed by atoms with Crippen molar-refractivity contribution in [1.82, 2.24) is 4.31 Å². The first-order valence-electron chi connectivity index (χ1n) is 6.36. The van der Waals surface area contributed by atoms with Crippen molar-refractivity contribution >= 4 is 15.7 Å². The van der Waals surface area contributed by atoms with Crippen molar-refractivity contribution in [1.29, 1.82) is 0 Å². The molecular formula is C12H16N2O6S. The summed E-state index contributed by atoms with van der Waals surface area (Å²) in [6.07, 6.45) is -0.556. The van der Waals surface area contributed by atoms with Gasteiger partial charge in [-0.1, -0.05) is 18.2 Å². The standard InChI is InChI=1S/C12H16N2O6S/c15-8-11-7-13(5-6-20-11)21(18,19)9-10-3-1-2-4-12(10)14(16)17/h1-4,11,15H,5-9H2. The van der Waals surface area contributed by atoms with E-state index in [1.54, 1.807) is 6.07 Å². The van der Waals surface area contributed by atoms with Gasteiger partial charge >= 0.3 is 0 Å². The third-order valence-electron chi connectivity index (χ3n) is 3.22. The van der Waals surface area contributed by atoms with Crippen molar-refractivity contribution < 1.29 is 23.2 Å². The second-order valence-corrected chi connectivity index (χ2v) is 6.64. The van der Waals surface area contributed by atoms with Crippen molar-refractivity contribution in [3.63, 3.8) is 0 Å². The Kier molecular flexibility index (Phi) is 4.88. The summed E-state index contributed by atoms with van der Waals surface area (Å²) in [4.78, 5) is 10.3. The highest BCUT2D eigenvalue weighted by atomic mass is 32.2. The number of sulfonamides is 1. The normalized spacial score (nSPS) is 20.3. The smallest absolute Gasteiger partial charge is 0.273 e. The fourth-order valence-corrected chi connectivity index (χ4v) is 3.72. The Morgan fingerprint density at radius 1 is 1.43 bits per heavy atom. The lowest BCUT2D eigenvalue weighted by molar-refractivity contribution is -0.385. The third kappa shape index (κ3) is 3.76. The first kappa shape index (κ1) is 15.8. The Bertz CT molecular complexity index is 618. The summed E-state index contributed by atoms with van der Waals surface area (Å²) in [5, 5.41) is 20.0. The average Bonchev–Trinajstić information content (AvgIpc) is 2.47. The molecule has 8 nitrogen and oxygen atoms in total. The summed E-state index contributed by atoms with van der Waals surface area (Å²) in [7, 11) is -3.70. The van der Waals surface area contributed by atoms with Gasteiger partial charge in [0, 0.05) is 24.7 Å². The summed E-state index contributed by atoms with van der Waals surface area (Å²) >= 11 is 0. The molecule has 1 aliphatic rings. The van der Waals surface area contributed by atoms with Crippen molar-refractivity contribution in [3.05, 3.63) is 39.9 Å². The van der Waals surface area contributed by atoms with E-state index in [9.17, 15) is 18.5 Å². The highest BCUT2D eigenvalue weighted by Gasteiger charge is 2.30. The van der Waals surface area contributed by atoms with Gasteiger partial charge in [0.2, 0.25) is 10.0 Å². The van der Waals surface area contributed by atoms with Crippen LogP contribution in [0.5, 0.6) is 0 Å². The van der Waals surface area contributed by atoms with Gasteiger partial charge in [-0.05, 0) is 0 Å². The monoisotopic (exact) mass is 316 g/mol. The van der Waals surface area contributed by atoms with Gasteiger partial charge in [-0.2, -0.15) is 4.31 Å². The van der Waals surface area contributed by atoms with Gasteiger partial charge in [-0.25, -0.2) is 8.42 Å². The first-order valence-corrected chi connectivity index (χ1v) is 7.97. The number of nitro benzene ring substituents is 1. The minimum absolute atomic E-state index is 0.0550. The number of aliphatic hydroxyl groups is 1. The van der Waals surface area contributed by atoms with Crippen LogP contribution in [0.4, 0.5) is 5.69 Å². The molecule has 1 heterocycles. The van der Waals surface area contributed by atoms with E-state index in [4.69, 9.17) is 9.84 Å². The summed E-state index contributed by atoms with van der Waals surface area (Å²) in [5.74, 6) is -0.442. The minimum Gasteiger partial charge on any atom is -0.394 e. The fourth-order valence-electron chi connectivity index (χ4n) is 2.15. The number of para-hydroxylation sites is 1. The van der Waals surface area contributed by atoms with E-state index < -0.39 is 26.8 Å². The van der Waals surface area contributed by atoms with Gasteiger partial charge in [0.1, 0.15) is 0 Å². The van der Waals surface area contributed by atoms with Crippen molar-refractivity contribution in [2.45, 2.75) is 11.9 Å². The first-order chi connectivity index (χ1) is 9.94. The SMILES string of the molecule is O=[N+]([O-])c1ccccc1CS(=O)(=O)N1CCOC(CO)C1. The van der Waals surface area contributed by atoms with Crippen LogP contribution in [-0.4, -0.2) is 55.2 Å². The molecule has 1 aliphatic heterocycles. The number of nitro groups is 1. The van der Waals surface area contributed by atoms with Crippen LogP contribution in [-0.2, 0) is 20.5 Å². The van der Waals surface area contributed by atoms with Gasteiger partial charge in [-0.15, -0.1) is 0 Å². The maximum absolute atomic E-state index is 12.4. The predicted octanol–water partition coefficient (Wildman–Crippen LogP) is 0.118. The molecule has 1 unspecified atom stereocenters. The zero-order valence-corrected chi connectivity index (χ0v) is 12.0. The van der Waals surface area contributed by atoms with Crippen molar-refractivity contribution in [2.75, 3.05) is 26.3 Å². The molecule has 116 valence electrons. The molecule has 2 rings (SSSR count). The lowest BCUT2D eigenvalue weighted by Gasteiger charge is -2.31. The third-order valence-corrected chi connectivity index (χ3v) is 5.02. The molecule has 9 heteroatoms. The Morgan fingerprint density at radius 3 is 2.81 bits per heavy atom. The molecule has 0 aromatic heterocycles. The maximum Gasteiger partial charge on any atom is 0.273 e. The summed E-state index contributed by atoms with van der Waals surface area (Å²) in [5.41, 5.74) is -0.0671. The summed E-state index contributed by atoms with van der Waals surface area (Å²) in [6.45, 7) is 0.164. The number of hydrogen-bond donors (Lipinski definition) is 1. The number of hydrogen-bond acceptors (Lipinski definition) is 6. The molecule has 0 spiro atoms. The largest absolute Gasteiger partial charge is 0.394 e. The van der Waals surface area contributed by atoms with E-state index in [1.807, 2.05) is 0 Å². The Labute approximate surface area is 122 Å². The Hall–Kier alpha value is -1.55. The molecule has 0 amide bonds. The van der Waals surface area contributed by atoms with Gasteiger partial charge in [-0.3, -0.25) is 10.1 Å². The molecule has 1 aromatic carbocycles. The molecule has 1 atom stereocenters. The van der Waals surface area contributed by atoms with Crippen LogP contribution in [0, 0.1) is 10.1 Å². The molecule has 0 bridgehead atoms. The fraction of sp³-hybridized carbons (Fsp3) is 0.500. The summed E-state index contributed by atoms with van der Waals surface area (Å²) in [6, 6.07) is 5.76. The van der Waals surface area contributed by atoms with Crippen LogP contribution in [0.1, 0.15) is 5.56 Å². The number of aliphatic hydroxyl groups excluding tert-OH is 1. The van der Waals surface area contributed by atoms with E-state index >= 15 is 0 Å². The van der Waals surface area contributed by atoms with Gasteiger partial charge in [0.05, 0.1) is 30.0 Å². The Morgan fingerprint density at radius 2 is 2.14 bits per heavy atom. The molecule has 1 saturated heterocycles. The van der Waals surface area contributed by atoms with Crippen LogP contribution in [0.25, 0.3) is 0 Å². The van der Waals surface area contributed by atoms with E-state index in [-0.39, 0.29) is 37.6 Å². The average molecular weight is 316 g/mol. The van der Waals surface area contributed by atoms with E-state index in [0.717, 1.165) is 0 Å². The van der Waals surface area contributed by atoms with E-state index in [1.165, 1.54) is 22.5 Å². The molecule has 0 aliphatic carbocycles. The highest BCUT2D eigenvalue weighted by molar-refractivity contribution is 7.88. The van der Waals surface area contributed by atoms with E-state index in [2.05, 4.69) is 0 Å². The number of benzene rings is 1. The summed E-state index contributed by atoms with van der Waals surface area (Å²) < 4.78 is 31.1. The lowest BCUT2D eigenvalue weighted by atomic mass is 10.2. The van der Waals surface area contributed by atoms with Crippen LogP contribution in [0.3, 0.4) is 0 Å². The maximum atomic E-state index is 12.4. The van der Waals surface area contributed by atoms with Gasteiger partial charge in [0.25, 0.3) is 5.69 Å². The molecule has 21 heavy (non-hydrogen) atoms. The number of ether oxygens (including phenoxy) is 1. The highest BCUT2D eigenvalue weighted by Crippen LogP contribution is 2.22. The van der Waals surface area contributed by atoms with Gasteiger partial charge < -0.3 is 9.84 Å². The minimum atomic E-state index is -3.70. The topological polar surface area (TPSA) is 110 Å². The van der Waals surface area contributed by atoms with Crippen molar-refractivity contribution in [3.8, 4) is 0 Å². The zero-order valence-electron chi connectivity index (χ0n) is 11.2. The van der Waals surface area contributed by atoms with Crippen LogP contribution in [0.15, 0.2) is 24.3 Å².